The van der Waals surface area contributed by atoms with Crippen LogP contribution in [0.4, 0.5) is 0 Å². The molecule has 136 valence electrons. The van der Waals surface area contributed by atoms with E-state index in [0.29, 0.717) is 24.5 Å². The lowest BCUT2D eigenvalue weighted by molar-refractivity contribution is 0.107. The Morgan fingerprint density at radius 1 is 1.00 bits per heavy atom. The van der Waals surface area contributed by atoms with Gasteiger partial charge in [-0.25, -0.2) is 0 Å². The van der Waals surface area contributed by atoms with E-state index < -0.39 is 0 Å². The van der Waals surface area contributed by atoms with Crippen LogP contribution in [0.5, 0.6) is 5.75 Å². The van der Waals surface area contributed by atoms with Crippen molar-refractivity contribution in [2.24, 2.45) is 5.16 Å². The average Bonchev–Trinajstić information content (AvgIpc) is 2.74. The van der Waals surface area contributed by atoms with Crippen LogP contribution in [0.25, 0.3) is 11.3 Å². The van der Waals surface area contributed by atoms with Crippen molar-refractivity contribution < 1.29 is 14.4 Å². The second-order valence-corrected chi connectivity index (χ2v) is 5.84. The van der Waals surface area contributed by atoms with Crippen LogP contribution >= 0.6 is 0 Å². The summed E-state index contributed by atoms with van der Waals surface area (Å²) in [4.78, 5) is 20.3. The van der Waals surface area contributed by atoms with Crippen LogP contribution in [0, 0.1) is 0 Å². The minimum Gasteiger partial charge on any atom is -0.490 e. The van der Waals surface area contributed by atoms with Gasteiger partial charge < -0.3 is 9.57 Å². The summed E-state index contributed by atoms with van der Waals surface area (Å²) in [6.07, 6.45) is 2.58. The first-order chi connectivity index (χ1) is 13.3. The van der Waals surface area contributed by atoms with Gasteiger partial charge in [0.1, 0.15) is 18.6 Å². The Labute approximate surface area is 158 Å². The molecular formula is C22H20N2O3. The van der Waals surface area contributed by atoms with Gasteiger partial charge in [-0.3, -0.25) is 9.78 Å². The number of carbonyl (C=O) groups is 1. The Morgan fingerprint density at radius 2 is 1.78 bits per heavy atom. The van der Waals surface area contributed by atoms with E-state index in [1.807, 2.05) is 49.4 Å². The molecule has 0 N–H and O–H groups in total. The number of pyridine rings is 1. The average molecular weight is 360 g/mol. The minimum atomic E-state index is 0.332. The molecule has 0 amide bonds. The molecule has 0 saturated carbocycles. The predicted molar refractivity (Wildman–Crippen MR) is 105 cm³/mol. The number of nitrogens with zero attached hydrogens (tertiary/aromatic N) is 2. The number of hydrogen-bond acceptors (Lipinski definition) is 5. The standard InChI is InChI=1S/C22H20N2O3/c1-17(19-7-9-20(10-8-19)22-4-2-3-13-23-22)24-27-15-14-26-21-11-5-18(16-25)6-12-21/h2-13,16H,14-15H2,1H3. The zero-order valence-corrected chi connectivity index (χ0v) is 15.0. The zero-order valence-electron chi connectivity index (χ0n) is 15.0. The number of hydrogen-bond donors (Lipinski definition) is 0. The van der Waals surface area contributed by atoms with Crippen molar-refractivity contribution >= 4 is 12.0 Å². The van der Waals surface area contributed by atoms with E-state index in [1.54, 1.807) is 30.5 Å². The highest BCUT2D eigenvalue weighted by Gasteiger charge is 2.02. The highest BCUT2D eigenvalue weighted by molar-refractivity contribution is 5.98. The largest absolute Gasteiger partial charge is 0.490 e. The summed E-state index contributed by atoms with van der Waals surface area (Å²) in [6.45, 7) is 2.60. The van der Waals surface area contributed by atoms with Crippen molar-refractivity contribution in [3.8, 4) is 17.0 Å². The zero-order chi connectivity index (χ0) is 18.9. The number of benzene rings is 2. The van der Waals surface area contributed by atoms with Gasteiger partial charge in [0.2, 0.25) is 0 Å². The monoisotopic (exact) mass is 360 g/mol. The normalized spacial score (nSPS) is 11.1. The highest BCUT2D eigenvalue weighted by atomic mass is 16.6. The number of oxime groups is 1. The number of carbonyl (C=O) groups excluding carboxylic acids is 1. The summed E-state index contributed by atoms with van der Waals surface area (Å²) < 4.78 is 5.54. The second kappa shape index (κ2) is 9.29. The molecule has 0 aliphatic rings. The third-order valence-corrected chi connectivity index (χ3v) is 3.92. The molecule has 0 saturated heterocycles. The van der Waals surface area contributed by atoms with E-state index in [1.165, 1.54) is 0 Å². The van der Waals surface area contributed by atoms with Crippen LogP contribution < -0.4 is 4.74 Å². The number of ether oxygens (including phenoxy) is 1. The van der Waals surface area contributed by atoms with Gasteiger partial charge in [0.15, 0.2) is 6.61 Å². The van der Waals surface area contributed by atoms with Crippen molar-refractivity contribution in [3.63, 3.8) is 0 Å². The summed E-state index contributed by atoms with van der Waals surface area (Å²) in [7, 11) is 0. The first-order valence-corrected chi connectivity index (χ1v) is 8.63. The van der Waals surface area contributed by atoms with Crippen molar-refractivity contribution in [3.05, 3.63) is 84.1 Å². The van der Waals surface area contributed by atoms with Gasteiger partial charge in [-0.1, -0.05) is 35.5 Å². The minimum absolute atomic E-state index is 0.332. The fourth-order valence-corrected chi connectivity index (χ4v) is 2.45. The predicted octanol–water partition coefficient (Wildman–Crippen LogP) is 4.38. The van der Waals surface area contributed by atoms with Gasteiger partial charge in [0, 0.05) is 17.3 Å². The topological polar surface area (TPSA) is 60.8 Å². The molecular weight excluding hydrogens is 340 g/mol. The Hall–Kier alpha value is -3.47. The molecule has 0 spiro atoms. The van der Waals surface area contributed by atoms with Crippen LogP contribution in [0.15, 0.2) is 78.1 Å². The molecule has 0 unspecified atom stereocenters. The van der Waals surface area contributed by atoms with Crippen molar-refractivity contribution in [1.82, 2.24) is 4.98 Å². The lowest BCUT2D eigenvalue weighted by Crippen LogP contribution is -2.05. The Morgan fingerprint density at radius 3 is 2.44 bits per heavy atom. The van der Waals surface area contributed by atoms with Gasteiger partial charge >= 0.3 is 0 Å². The molecule has 5 nitrogen and oxygen atoms in total. The molecule has 27 heavy (non-hydrogen) atoms. The third-order valence-electron chi connectivity index (χ3n) is 3.92. The van der Waals surface area contributed by atoms with Crippen LogP contribution in [-0.2, 0) is 4.84 Å². The maximum absolute atomic E-state index is 10.6. The fourth-order valence-electron chi connectivity index (χ4n) is 2.45. The van der Waals surface area contributed by atoms with Gasteiger partial charge in [0.25, 0.3) is 0 Å². The highest BCUT2D eigenvalue weighted by Crippen LogP contribution is 2.17. The van der Waals surface area contributed by atoms with Crippen molar-refractivity contribution in [2.75, 3.05) is 13.2 Å². The molecule has 2 aromatic carbocycles. The molecule has 0 aliphatic heterocycles. The lowest BCUT2D eigenvalue weighted by Gasteiger charge is -2.06. The van der Waals surface area contributed by atoms with Crippen molar-refractivity contribution in [1.29, 1.82) is 0 Å². The van der Waals surface area contributed by atoms with E-state index in [0.717, 1.165) is 28.8 Å². The summed E-state index contributed by atoms with van der Waals surface area (Å²) in [5, 5.41) is 4.13. The Kier molecular flexibility index (Phi) is 6.30. The Balaban J connectivity index is 1.48. The molecule has 3 aromatic rings. The summed E-state index contributed by atoms with van der Waals surface area (Å²) in [5.41, 5.74) is 4.39. The number of rotatable bonds is 8. The van der Waals surface area contributed by atoms with Crippen LogP contribution in [0.1, 0.15) is 22.8 Å². The van der Waals surface area contributed by atoms with Crippen LogP contribution in [0.2, 0.25) is 0 Å². The van der Waals surface area contributed by atoms with Crippen LogP contribution in [0.3, 0.4) is 0 Å². The first-order valence-electron chi connectivity index (χ1n) is 8.63. The molecule has 0 radical (unpaired) electrons. The maximum Gasteiger partial charge on any atom is 0.151 e. The molecule has 3 rings (SSSR count). The summed E-state index contributed by atoms with van der Waals surface area (Å²) >= 11 is 0. The SMILES string of the molecule is CC(=NOCCOc1ccc(C=O)cc1)c1ccc(-c2ccccn2)cc1. The van der Waals surface area contributed by atoms with Gasteiger partial charge in [-0.05, 0) is 48.9 Å². The van der Waals surface area contributed by atoms with Gasteiger partial charge in [-0.2, -0.15) is 0 Å². The summed E-state index contributed by atoms with van der Waals surface area (Å²) in [6, 6.07) is 20.8. The fraction of sp³-hybridized carbons (Fsp3) is 0.136. The smallest absolute Gasteiger partial charge is 0.151 e. The quantitative estimate of drug-likeness (QED) is 0.259. The third kappa shape index (κ3) is 5.25. The molecule has 0 atom stereocenters. The lowest BCUT2D eigenvalue weighted by atomic mass is 10.1. The van der Waals surface area contributed by atoms with Crippen LogP contribution in [-0.4, -0.2) is 30.2 Å². The first kappa shape index (κ1) is 18.3. The van der Waals surface area contributed by atoms with Gasteiger partial charge in [0.05, 0.1) is 11.4 Å². The second-order valence-electron chi connectivity index (χ2n) is 5.84. The van der Waals surface area contributed by atoms with E-state index in [-0.39, 0.29) is 0 Å². The van der Waals surface area contributed by atoms with E-state index in [9.17, 15) is 4.79 Å². The maximum atomic E-state index is 10.6. The molecule has 0 bridgehead atoms. The molecule has 0 aliphatic carbocycles. The molecule has 5 heteroatoms. The summed E-state index contributed by atoms with van der Waals surface area (Å²) in [5.74, 6) is 0.690. The van der Waals surface area contributed by atoms with E-state index in [2.05, 4.69) is 10.1 Å². The number of aldehydes is 1. The molecule has 0 fully saturated rings. The molecule has 1 heterocycles. The molecule has 1 aromatic heterocycles. The van der Waals surface area contributed by atoms with E-state index in [4.69, 9.17) is 9.57 Å². The Bertz CT molecular complexity index is 889. The number of aromatic nitrogens is 1. The van der Waals surface area contributed by atoms with Crippen molar-refractivity contribution in [2.45, 2.75) is 6.92 Å². The van der Waals surface area contributed by atoms with Gasteiger partial charge in [-0.15, -0.1) is 0 Å². The van der Waals surface area contributed by atoms with E-state index >= 15 is 0 Å².